The van der Waals surface area contributed by atoms with Crippen LogP contribution in [0.5, 0.6) is 0 Å². The molecule has 2 saturated heterocycles. The van der Waals surface area contributed by atoms with E-state index >= 15 is 0 Å². The van der Waals surface area contributed by atoms with Gasteiger partial charge in [0.2, 0.25) is 11.8 Å². The summed E-state index contributed by atoms with van der Waals surface area (Å²) in [4.78, 5) is 31.5. The molecule has 0 aromatic rings. The van der Waals surface area contributed by atoms with Crippen molar-refractivity contribution < 1.29 is 9.59 Å². The number of hydrogen-bond acceptors (Lipinski definition) is 4. The van der Waals surface area contributed by atoms with Gasteiger partial charge in [0, 0.05) is 70.2 Å². The van der Waals surface area contributed by atoms with E-state index in [4.69, 9.17) is 0 Å². The predicted molar refractivity (Wildman–Crippen MR) is 112 cm³/mol. The largest absolute Gasteiger partial charge is 0.353 e. The Morgan fingerprint density at radius 2 is 1.57 bits per heavy atom. The predicted octanol–water partition coefficient (Wildman–Crippen LogP) is 1.95. The first-order valence-corrected chi connectivity index (χ1v) is 11.3. The van der Waals surface area contributed by atoms with Crippen LogP contribution in [0.1, 0.15) is 59.8 Å². The smallest absolute Gasteiger partial charge is 0.223 e. The molecule has 3 fully saturated rings. The molecule has 0 bridgehead atoms. The van der Waals surface area contributed by atoms with Crippen LogP contribution in [0.25, 0.3) is 0 Å². The van der Waals surface area contributed by atoms with Crippen LogP contribution < -0.4 is 5.32 Å². The van der Waals surface area contributed by atoms with Gasteiger partial charge in [0.1, 0.15) is 0 Å². The van der Waals surface area contributed by atoms with E-state index in [2.05, 4.69) is 33.9 Å². The highest BCUT2D eigenvalue weighted by Crippen LogP contribution is 2.49. The normalized spacial score (nSPS) is 24.0. The summed E-state index contributed by atoms with van der Waals surface area (Å²) in [5.41, 5.74) is 0.374. The summed E-state index contributed by atoms with van der Waals surface area (Å²) in [7, 11) is 0. The van der Waals surface area contributed by atoms with Gasteiger partial charge in [-0.25, -0.2) is 0 Å². The highest BCUT2D eigenvalue weighted by atomic mass is 16.2. The van der Waals surface area contributed by atoms with Crippen LogP contribution in [0, 0.1) is 11.3 Å². The third-order valence-corrected chi connectivity index (χ3v) is 7.19. The van der Waals surface area contributed by atoms with Gasteiger partial charge in [-0.15, -0.1) is 0 Å². The molecule has 2 amide bonds. The lowest BCUT2D eigenvalue weighted by Crippen LogP contribution is -2.56. The van der Waals surface area contributed by atoms with Crippen molar-refractivity contribution in [2.75, 3.05) is 45.8 Å². The van der Waals surface area contributed by atoms with Gasteiger partial charge in [-0.1, -0.05) is 13.8 Å². The zero-order valence-corrected chi connectivity index (χ0v) is 18.4. The SMILES string of the molecule is CC(C)C(=O)NC1CC2(CCN(C(=O)CCN3CCN(C(C)C)CC3)CC2)C1. The topological polar surface area (TPSA) is 55.9 Å². The Bertz CT molecular complexity index is 539. The van der Waals surface area contributed by atoms with Crippen LogP contribution in [-0.2, 0) is 9.59 Å². The fraction of sp³-hybridized carbons (Fsp3) is 0.909. The maximum atomic E-state index is 12.6. The van der Waals surface area contributed by atoms with Gasteiger partial charge in [-0.2, -0.15) is 0 Å². The summed E-state index contributed by atoms with van der Waals surface area (Å²) >= 11 is 0. The van der Waals surface area contributed by atoms with Crippen LogP contribution in [0.2, 0.25) is 0 Å². The van der Waals surface area contributed by atoms with Crippen molar-refractivity contribution in [3.63, 3.8) is 0 Å². The number of likely N-dealkylation sites (tertiary alicyclic amines) is 1. The van der Waals surface area contributed by atoms with Crippen molar-refractivity contribution >= 4 is 11.8 Å². The molecule has 0 radical (unpaired) electrons. The van der Waals surface area contributed by atoms with Crippen LogP contribution in [0.3, 0.4) is 0 Å². The number of hydrogen-bond donors (Lipinski definition) is 1. The van der Waals surface area contributed by atoms with Gasteiger partial charge in [0.25, 0.3) is 0 Å². The fourth-order valence-corrected chi connectivity index (χ4v) is 5.01. The van der Waals surface area contributed by atoms with Crippen molar-refractivity contribution in [2.24, 2.45) is 11.3 Å². The maximum Gasteiger partial charge on any atom is 0.223 e. The van der Waals surface area contributed by atoms with E-state index in [1.165, 1.54) is 0 Å². The Kier molecular flexibility index (Phi) is 7.02. The van der Waals surface area contributed by atoms with E-state index in [1.54, 1.807) is 0 Å². The molecular formula is C22H40N4O2. The average Bonchev–Trinajstić information content (AvgIpc) is 2.65. The Balaban J connectivity index is 1.32. The second-order valence-electron chi connectivity index (χ2n) is 9.87. The molecular weight excluding hydrogens is 352 g/mol. The molecule has 1 N–H and O–H groups in total. The zero-order chi connectivity index (χ0) is 20.3. The number of piperidine rings is 1. The van der Waals surface area contributed by atoms with Crippen LogP contribution in [-0.4, -0.2) is 84.4 Å². The van der Waals surface area contributed by atoms with Gasteiger partial charge in [-0.05, 0) is 44.9 Å². The molecule has 1 aliphatic carbocycles. The Morgan fingerprint density at radius 1 is 0.964 bits per heavy atom. The molecule has 6 heteroatoms. The lowest BCUT2D eigenvalue weighted by molar-refractivity contribution is -0.135. The van der Waals surface area contributed by atoms with Gasteiger partial charge in [0.05, 0.1) is 0 Å². The minimum atomic E-state index is 0.0596. The minimum Gasteiger partial charge on any atom is -0.353 e. The number of amides is 2. The molecule has 2 heterocycles. The fourth-order valence-electron chi connectivity index (χ4n) is 5.01. The van der Waals surface area contributed by atoms with Crippen molar-refractivity contribution in [1.82, 2.24) is 20.0 Å². The molecule has 3 aliphatic rings. The van der Waals surface area contributed by atoms with Crippen molar-refractivity contribution in [3.05, 3.63) is 0 Å². The lowest BCUT2D eigenvalue weighted by atomic mass is 9.60. The second-order valence-corrected chi connectivity index (χ2v) is 9.87. The quantitative estimate of drug-likeness (QED) is 0.751. The third-order valence-electron chi connectivity index (χ3n) is 7.19. The number of carbonyl (C=O) groups is 2. The van der Waals surface area contributed by atoms with Gasteiger partial charge in [0.15, 0.2) is 0 Å². The molecule has 160 valence electrons. The zero-order valence-electron chi connectivity index (χ0n) is 18.4. The molecule has 3 rings (SSSR count). The second kappa shape index (κ2) is 9.12. The molecule has 0 aromatic heterocycles. The lowest BCUT2D eigenvalue weighted by Gasteiger charge is -2.52. The van der Waals surface area contributed by atoms with E-state index in [0.717, 1.165) is 71.5 Å². The summed E-state index contributed by atoms with van der Waals surface area (Å²) in [5.74, 6) is 0.552. The summed E-state index contributed by atoms with van der Waals surface area (Å²) in [6, 6.07) is 0.968. The van der Waals surface area contributed by atoms with E-state index < -0.39 is 0 Å². The number of piperazine rings is 1. The van der Waals surface area contributed by atoms with Gasteiger partial charge >= 0.3 is 0 Å². The van der Waals surface area contributed by atoms with E-state index in [9.17, 15) is 9.59 Å². The van der Waals surface area contributed by atoms with Gasteiger partial charge in [-0.3, -0.25) is 14.5 Å². The summed E-state index contributed by atoms with van der Waals surface area (Å²) in [6.45, 7) is 15.5. The molecule has 0 atom stereocenters. The van der Waals surface area contributed by atoms with E-state index in [0.29, 0.717) is 29.8 Å². The first-order valence-electron chi connectivity index (χ1n) is 11.3. The number of nitrogens with zero attached hydrogens (tertiary/aromatic N) is 3. The minimum absolute atomic E-state index is 0.0596. The number of rotatable bonds is 6. The molecule has 28 heavy (non-hydrogen) atoms. The van der Waals surface area contributed by atoms with Crippen molar-refractivity contribution in [2.45, 2.75) is 71.9 Å². The van der Waals surface area contributed by atoms with Gasteiger partial charge < -0.3 is 15.1 Å². The molecule has 2 aliphatic heterocycles. The first kappa shape index (κ1) is 21.6. The maximum absolute atomic E-state index is 12.6. The summed E-state index contributed by atoms with van der Waals surface area (Å²) in [5, 5.41) is 3.16. The van der Waals surface area contributed by atoms with Crippen LogP contribution in [0.4, 0.5) is 0 Å². The molecule has 1 saturated carbocycles. The monoisotopic (exact) mass is 392 g/mol. The van der Waals surface area contributed by atoms with E-state index in [1.807, 2.05) is 13.8 Å². The molecule has 0 aromatic carbocycles. The highest BCUT2D eigenvalue weighted by Gasteiger charge is 2.46. The molecule has 0 unspecified atom stereocenters. The number of carbonyl (C=O) groups excluding carboxylic acids is 2. The standard InChI is InChI=1S/C22H40N4O2/c1-17(2)21(28)23-19-15-22(16-19)6-9-26(10-7-22)20(27)5-8-24-11-13-25(14-12-24)18(3)4/h17-19H,5-16H2,1-4H3,(H,23,28). The number of nitrogens with one attached hydrogen (secondary N) is 1. The Morgan fingerprint density at radius 3 is 2.11 bits per heavy atom. The summed E-state index contributed by atoms with van der Waals surface area (Å²) < 4.78 is 0. The van der Waals surface area contributed by atoms with E-state index in [-0.39, 0.29) is 11.8 Å². The molecule has 6 nitrogen and oxygen atoms in total. The van der Waals surface area contributed by atoms with Crippen molar-refractivity contribution in [3.8, 4) is 0 Å². The van der Waals surface area contributed by atoms with Crippen LogP contribution >= 0.6 is 0 Å². The highest BCUT2D eigenvalue weighted by molar-refractivity contribution is 5.78. The first-order chi connectivity index (χ1) is 13.3. The third kappa shape index (κ3) is 5.26. The van der Waals surface area contributed by atoms with Crippen LogP contribution in [0.15, 0.2) is 0 Å². The van der Waals surface area contributed by atoms with Crippen molar-refractivity contribution in [1.29, 1.82) is 0 Å². The summed E-state index contributed by atoms with van der Waals surface area (Å²) in [6.07, 6.45) is 5.03. The Hall–Kier alpha value is -1.14. The molecule has 1 spiro atoms. The Labute approximate surface area is 171 Å². The average molecular weight is 393 g/mol.